The van der Waals surface area contributed by atoms with Crippen LogP contribution < -0.4 is 0 Å². The van der Waals surface area contributed by atoms with Crippen LogP contribution in [-0.4, -0.2) is 61.1 Å². The minimum Gasteiger partial charge on any atom is -0.463 e. The highest BCUT2D eigenvalue weighted by Gasteiger charge is 2.52. The Hall–Kier alpha value is -2.85. The van der Waals surface area contributed by atoms with Crippen molar-refractivity contribution < 1.29 is 42.9 Å². The molecule has 1 heterocycles. The highest BCUT2D eigenvalue weighted by atomic mass is 16.7. The lowest BCUT2D eigenvalue weighted by molar-refractivity contribution is -0.252. The van der Waals surface area contributed by atoms with Crippen molar-refractivity contribution in [2.45, 2.75) is 84.0 Å². The first-order chi connectivity index (χ1) is 14.3. The van der Waals surface area contributed by atoms with E-state index in [1.54, 1.807) is 27.7 Å². The average Bonchev–Trinajstić information content (AvgIpc) is 2.75. The van der Waals surface area contributed by atoms with Gasteiger partial charge in [-0.2, -0.15) is 0 Å². The molecule has 0 aromatic heterocycles. The normalized spacial score (nSPS) is 25.4. The van der Waals surface area contributed by atoms with Crippen molar-refractivity contribution in [3.8, 4) is 0 Å². The van der Waals surface area contributed by atoms with Gasteiger partial charge in [0.25, 0.3) is 0 Å². The Balaban J connectivity index is 3.35. The Morgan fingerprint density at radius 2 is 1.27 bits per heavy atom. The smallest absolute Gasteiger partial charge is 0.306 e. The Morgan fingerprint density at radius 3 is 1.73 bits per heavy atom. The number of azide groups is 1. The third kappa shape index (κ3) is 7.20. The second-order valence-corrected chi connectivity index (χ2v) is 6.23. The van der Waals surface area contributed by atoms with Gasteiger partial charge in [-0.25, -0.2) is 0 Å². The number of nitrogens with zero attached hydrogens (tertiary/aromatic N) is 3. The average molecular weight is 429 g/mol. The predicted octanol–water partition coefficient (Wildman–Crippen LogP) is 1.94. The Labute approximate surface area is 173 Å². The maximum Gasteiger partial charge on any atom is 0.306 e. The Bertz CT molecular complexity index is 678. The van der Waals surface area contributed by atoms with Crippen molar-refractivity contribution in [2.75, 3.05) is 6.61 Å². The van der Waals surface area contributed by atoms with E-state index in [-0.39, 0.29) is 32.3 Å². The molecule has 0 spiro atoms. The van der Waals surface area contributed by atoms with E-state index in [1.165, 1.54) is 0 Å². The summed E-state index contributed by atoms with van der Waals surface area (Å²) in [7, 11) is 0. The first-order valence-corrected chi connectivity index (χ1v) is 9.74. The van der Waals surface area contributed by atoms with Crippen molar-refractivity contribution in [3.05, 3.63) is 10.4 Å². The van der Waals surface area contributed by atoms with Gasteiger partial charge >= 0.3 is 23.9 Å². The fourth-order valence-corrected chi connectivity index (χ4v) is 2.56. The van der Waals surface area contributed by atoms with E-state index >= 15 is 0 Å². The summed E-state index contributed by atoms with van der Waals surface area (Å²) >= 11 is 0. The molecule has 0 bridgehead atoms. The molecule has 1 rings (SSSR count). The van der Waals surface area contributed by atoms with Gasteiger partial charge in [-0.15, -0.1) is 0 Å². The van der Waals surface area contributed by atoms with Crippen molar-refractivity contribution >= 4 is 23.9 Å². The molecule has 12 nitrogen and oxygen atoms in total. The molecule has 1 saturated heterocycles. The van der Waals surface area contributed by atoms with Gasteiger partial charge in [0.15, 0.2) is 24.5 Å². The number of hydrogen-bond acceptors (Lipinski definition) is 10. The lowest BCUT2D eigenvalue weighted by Crippen LogP contribution is -2.62. The lowest BCUT2D eigenvalue weighted by Gasteiger charge is -2.43. The van der Waals surface area contributed by atoms with Crippen molar-refractivity contribution in [3.63, 3.8) is 0 Å². The van der Waals surface area contributed by atoms with Crippen molar-refractivity contribution in [1.29, 1.82) is 0 Å². The molecule has 1 aliphatic rings. The van der Waals surface area contributed by atoms with E-state index in [9.17, 15) is 19.2 Å². The summed E-state index contributed by atoms with van der Waals surface area (Å²) < 4.78 is 26.8. The van der Waals surface area contributed by atoms with Crippen LogP contribution in [0, 0.1) is 0 Å². The molecule has 0 radical (unpaired) electrons. The maximum atomic E-state index is 12.0. The van der Waals surface area contributed by atoms with Gasteiger partial charge in [0, 0.05) is 30.6 Å². The van der Waals surface area contributed by atoms with Crippen LogP contribution in [0.5, 0.6) is 0 Å². The van der Waals surface area contributed by atoms with Crippen LogP contribution in [0.4, 0.5) is 0 Å². The summed E-state index contributed by atoms with van der Waals surface area (Å²) in [6, 6.07) is 0. The summed E-state index contributed by atoms with van der Waals surface area (Å²) in [5.41, 5.74) is 8.89. The summed E-state index contributed by atoms with van der Waals surface area (Å²) in [5.74, 6) is -2.52. The van der Waals surface area contributed by atoms with Crippen LogP contribution in [0.15, 0.2) is 5.11 Å². The molecule has 12 heteroatoms. The second kappa shape index (κ2) is 12.7. The monoisotopic (exact) mass is 429 g/mol. The molecular weight excluding hydrogens is 402 g/mol. The SMILES string of the molecule is CCC(=O)OC[C@H]1O[C@@H](N=[N+]=[N-])[C@H](OC(=O)CC)[C@@H](OC(=O)CC)[C@@H]1OC(=O)CC. The number of carbonyl (C=O) groups is 4. The van der Waals surface area contributed by atoms with Crippen LogP contribution in [-0.2, 0) is 42.9 Å². The molecule has 1 aliphatic heterocycles. The molecular formula is C18H27N3O9. The highest BCUT2D eigenvalue weighted by Crippen LogP contribution is 2.30. The van der Waals surface area contributed by atoms with Gasteiger partial charge in [0.2, 0.25) is 0 Å². The number of ether oxygens (including phenoxy) is 5. The lowest BCUT2D eigenvalue weighted by atomic mass is 9.97. The summed E-state index contributed by atoms with van der Waals surface area (Å²) in [4.78, 5) is 50.2. The topological polar surface area (TPSA) is 163 Å². The van der Waals surface area contributed by atoms with Crippen molar-refractivity contribution in [1.82, 2.24) is 0 Å². The second-order valence-electron chi connectivity index (χ2n) is 6.23. The largest absolute Gasteiger partial charge is 0.463 e. The number of rotatable bonds is 10. The first kappa shape index (κ1) is 25.2. The van der Waals surface area contributed by atoms with Crippen molar-refractivity contribution in [2.24, 2.45) is 5.11 Å². The predicted molar refractivity (Wildman–Crippen MR) is 99.6 cm³/mol. The first-order valence-electron chi connectivity index (χ1n) is 9.74. The number of carbonyl (C=O) groups excluding carboxylic acids is 4. The molecule has 0 amide bonds. The third-order valence-electron chi connectivity index (χ3n) is 4.14. The van der Waals surface area contributed by atoms with Crippen LogP contribution in [0.2, 0.25) is 0 Å². The third-order valence-corrected chi connectivity index (χ3v) is 4.14. The zero-order valence-corrected chi connectivity index (χ0v) is 17.4. The fourth-order valence-electron chi connectivity index (χ4n) is 2.56. The van der Waals surface area contributed by atoms with E-state index in [4.69, 9.17) is 29.2 Å². The van der Waals surface area contributed by atoms with Crippen LogP contribution in [0.1, 0.15) is 53.4 Å². The van der Waals surface area contributed by atoms with E-state index in [1.807, 2.05) is 0 Å². The van der Waals surface area contributed by atoms with Crippen LogP contribution in [0.3, 0.4) is 0 Å². The molecule has 1 fully saturated rings. The minimum atomic E-state index is -1.40. The molecule has 168 valence electrons. The van der Waals surface area contributed by atoms with Gasteiger partial charge in [0.1, 0.15) is 12.7 Å². The minimum absolute atomic E-state index is 0.00556. The Morgan fingerprint density at radius 1 is 0.800 bits per heavy atom. The molecule has 0 N–H and O–H groups in total. The summed E-state index contributed by atoms with van der Waals surface area (Å²) in [6.07, 6.45) is -6.41. The Kier molecular flexibility index (Phi) is 10.6. The molecule has 0 aliphatic carbocycles. The van der Waals surface area contributed by atoms with E-state index < -0.39 is 54.5 Å². The van der Waals surface area contributed by atoms with Gasteiger partial charge in [0.05, 0.1) is 0 Å². The van der Waals surface area contributed by atoms with Gasteiger partial charge < -0.3 is 23.7 Å². The van der Waals surface area contributed by atoms with E-state index in [2.05, 4.69) is 10.0 Å². The van der Waals surface area contributed by atoms with E-state index in [0.717, 1.165) is 0 Å². The molecule has 0 aromatic rings. The van der Waals surface area contributed by atoms with E-state index in [0.29, 0.717) is 0 Å². The van der Waals surface area contributed by atoms with Crippen LogP contribution >= 0.6 is 0 Å². The molecule has 0 aromatic carbocycles. The molecule has 0 unspecified atom stereocenters. The zero-order chi connectivity index (χ0) is 22.7. The molecule has 0 saturated carbocycles. The number of hydrogen-bond donors (Lipinski definition) is 0. The molecule has 30 heavy (non-hydrogen) atoms. The summed E-state index contributed by atoms with van der Waals surface area (Å²) in [6.45, 7) is 5.88. The van der Waals surface area contributed by atoms with Crippen LogP contribution in [0.25, 0.3) is 10.4 Å². The van der Waals surface area contributed by atoms with Gasteiger partial charge in [-0.05, 0) is 5.53 Å². The maximum absolute atomic E-state index is 12.0. The highest BCUT2D eigenvalue weighted by molar-refractivity contribution is 5.71. The fraction of sp³-hybridized carbons (Fsp3) is 0.778. The zero-order valence-electron chi connectivity index (χ0n) is 17.4. The quantitative estimate of drug-likeness (QED) is 0.166. The number of esters is 4. The summed E-state index contributed by atoms with van der Waals surface area (Å²) in [5, 5.41) is 3.48. The molecule has 5 atom stereocenters. The van der Waals surface area contributed by atoms with Gasteiger partial charge in [-0.1, -0.05) is 32.8 Å². The standard InChI is InChI=1S/C18H27N3O9/c1-5-11(22)26-9-10-15(28-12(23)6-2)16(29-13(24)7-3)17(30-14(25)8-4)18(27-10)20-21-19/h10,15-18H,5-9H2,1-4H3/t10-,15-,16+,17-,18-/m1/s1. The van der Waals surface area contributed by atoms with Gasteiger partial charge in [-0.3, -0.25) is 19.2 Å².